The van der Waals surface area contributed by atoms with Gasteiger partial charge in [-0.15, -0.1) is 0 Å². The number of nitrogens with one attached hydrogen (secondary N) is 1. The summed E-state index contributed by atoms with van der Waals surface area (Å²) in [6.45, 7) is 12.3. The molecule has 3 aromatic rings. The fraction of sp³-hybridized carbons (Fsp3) is 0.353. The number of benzene rings is 3. The molecule has 4 rings (SSSR count). The number of rotatable bonds is 12. The summed E-state index contributed by atoms with van der Waals surface area (Å²) >= 11 is 5.51. The van der Waals surface area contributed by atoms with Crippen molar-refractivity contribution in [1.29, 1.82) is 0 Å². The van der Waals surface area contributed by atoms with E-state index >= 15 is 0 Å². The molecule has 0 atom stereocenters. The molecule has 1 fully saturated rings. The quantitative estimate of drug-likeness (QED) is 0.187. The van der Waals surface area contributed by atoms with Crippen molar-refractivity contribution in [3.05, 3.63) is 88.6 Å². The van der Waals surface area contributed by atoms with Crippen LogP contribution in [0.1, 0.15) is 56.9 Å². The van der Waals surface area contributed by atoms with Gasteiger partial charge >= 0.3 is 0 Å². The Balaban J connectivity index is 1.44. The Kier molecular flexibility index (Phi) is 10.1. The van der Waals surface area contributed by atoms with Crippen LogP contribution in [0.5, 0.6) is 23.0 Å². The Morgan fingerprint density at radius 2 is 1.57 bits per heavy atom. The van der Waals surface area contributed by atoms with Crippen molar-refractivity contribution in [3.8, 4) is 23.0 Å². The third kappa shape index (κ3) is 7.62. The molecule has 0 unspecified atom stereocenters. The Morgan fingerprint density at radius 1 is 0.881 bits per heavy atom. The molecule has 222 valence electrons. The molecule has 1 saturated heterocycles. The third-order valence-electron chi connectivity index (χ3n) is 6.92. The lowest BCUT2D eigenvalue weighted by molar-refractivity contribution is -0.122. The van der Waals surface area contributed by atoms with Gasteiger partial charge in [-0.3, -0.25) is 9.69 Å². The first-order valence-corrected chi connectivity index (χ1v) is 14.7. The summed E-state index contributed by atoms with van der Waals surface area (Å²) < 4.78 is 23.0. The van der Waals surface area contributed by atoms with E-state index < -0.39 is 0 Å². The number of thiocarbonyl (C=S) groups is 1. The number of hydrogen-bond donors (Lipinski definition) is 1. The number of ether oxygens (including phenoxy) is 4. The highest BCUT2D eigenvalue weighted by molar-refractivity contribution is 7.80. The standard InChI is InChI=1S/C34H40N2O5S/c1-7-39-30-16-9-23(21-31(30)40-8-2)17-18-36-32(37)28(35-33(36)42)20-24-10-15-29(38-6)25(19-24)22-41-27-13-11-26(12-14-27)34(3,4)5/h9-16,19-21H,7-8,17-18,22H2,1-6H3,(H,35,42)/b28-20+. The van der Waals surface area contributed by atoms with Crippen LogP contribution >= 0.6 is 12.2 Å². The lowest BCUT2D eigenvalue weighted by Gasteiger charge is -2.19. The van der Waals surface area contributed by atoms with Crippen LogP contribution in [0, 0.1) is 0 Å². The van der Waals surface area contributed by atoms with E-state index in [1.165, 1.54) is 5.56 Å². The third-order valence-corrected chi connectivity index (χ3v) is 7.25. The van der Waals surface area contributed by atoms with Crippen LogP contribution in [0.25, 0.3) is 6.08 Å². The van der Waals surface area contributed by atoms with Gasteiger partial charge in [-0.05, 0) is 97.1 Å². The Morgan fingerprint density at radius 3 is 2.24 bits per heavy atom. The predicted octanol–water partition coefficient (Wildman–Crippen LogP) is 6.67. The predicted molar refractivity (Wildman–Crippen MR) is 170 cm³/mol. The van der Waals surface area contributed by atoms with E-state index in [4.69, 9.17) is 31.2 Å². The van der Waals surface area contributed by atoms with Gasteiger partial charge in [0, 0.05) is 12.1 Å². The summed E-state index contributed by atoms with van der Waals surface area (Å²) in [7, 11) is 1.63. The first-order chi connectivity index (χ1) is 20.1. The molecule has 3 aromatic carbocycles. The Labute approximate surface area is 254 Å². The monoisotopic (exact) mass is 588 g/mol. The van der Waals surface area contributed by atoms with E-state index in [0.29, 0.717) is 60.8 Å². The minimum atomic E-state index is -0.163. The molecular formula is C34H40N2O5S. The second-order valence-corrected chi connectivity index (χ2v) is 11.4. The summed E-state index contributed by atoms with van der Waals surface area (Å²) in [5.41, 5.74) is 4.49. The van der Waals surface area contributed by atoms with Gasteiger partial charge in [-0.25, -0.2) is 0 Å². The highest BCUT2D eigenvalue weighted by Gasteiger charge is 2.30. The minimum absolute atomic E-state index is 0.0790. The van der Waals surface area contributed by atoms with E-state index in [1.54, 1.807) is 18.1 Å². The van der Waals surface area contributed by atoms with Crippen molar-refractivity contribution in [2.75, 3.05) is 26.9 Å². The molecule has 1 N–H and O–H groups in total. The first kappa shape index (κ1) is 30.9. The second-order valence-electron chi connectivity index (χ2n) is 11.0. The Bertz CT molecular complexity index is 1440. The van der Waals surface area contributed by atoms with Crippen molar-refractivity contribution in [2.24, 2.45) is 0 Å². The molecule has 0 bridgehead atoms. The average molecular weight is 589 g/mol. The van der Waals surface area contributed by atoms with Gasteiger partial charge in [0.15, 0.2) is 16.6 Å². The van der Waals surface area contributed by atoms with Crippen LogP contribution in [-0.2, 0) is 23.2 Å². The van der Waals surface area contributed by atoms with Crippen LogP contribution in [0.2, 0.25) is 0 Å². The van der Waals surface area contributed by atoms with Crippen molar-refractivity contribution < 1.29 is 23.7 Å². The first-order valence-electron chi connectivity index (χ1n) is 14.3. The minimum Gasteiger partial charge on any atom is -0.496 e. The van der Waals surface area contributed by atoms with Gasteiger partial charge in [-0.2, -0.15) is 0 Å². The molecule has 1 aliphatic rings. The van der Waals surface area contributed by atoms with Gasteiger partial charge in [0.25, 0.3) is 5.91 Å². The lowest BCUT2D eigenvalue weighted by atomic mass is 9.87. The van der Waals surface area contributed by atoms with E-state index in [0.717, 1.165) is 22.4 Å². The SMILES string of the molecule is CCOc1ccc(CCN2C(=O)/C(=C\c3ccc(OC)c(COc4ccc(C(C)(C)C)cc4)c3)NC2=S)cc1OCC. The van der Waals surface area contributed by atoms with Crippen molar-refractivity contribution in [2.45, 2.75) is 53.1 Å². The molecule has 1 aliphatic heterocycles. The number of carbonyl (C=O) groups is 1. The van der Waals surface area contributed by atoms with E-state index in [9.17, 15) is 4.79 Å². The smallest absolute Gasteiger partial charge is 0.276 e. The van der Waals surface area contributed by atoms with Gasteiger partial charge < -0.3 is 24.3 Å². The second kappa shape index (κ2) is 13.7. The number of carbonyl (C=O) groups excluding carboxylic acids is 1. The van der Waals surface area contributed by atoms with Crippen LogP contribution in [0.3, 0.4) is 0 Å². The van der Waals surface area contributed by atoms with Crippen molar-refractivity contribution >= 4 is 29.3 Å². The normalized spacial score (nSPS) is 14.2. The number of hydrogen-bond acceptors (Lipinski definition) is 6. The molecule has 1 amide bonds. The number of amides is 1. The summed E-state index contributed by atoms with van der Waals surface area (Å²) in [6, 6.07) is 19.8. The highest BCUT2D eigenvalue weighted by atomic mass is 32.1. The molecule has 0 aliphatic carbocycles. The highest BCUT2D eigenvalue weighted by Crippen LogP contribution is 2.30. The summed E-state index contributed by atoms with van der Waals surface area (Å²) in [5.74, 6) is 2.75. The van der Waals surface area contributed by atoms with Gasteiger partial charge in [-0.1, -0.05) is 45.0 Å². The summed E-state index contributed by atoms with van der Waals surface area (Å²) in [4.78, 5) is 14.9. The van der Waals surface area contributed by atoms with Crippen molar-refractivity contribution in [1.82, 2.24) is 10.2 Å². The molecule has 8 heteroatoms. The number of methoxy groups -OCH3 is 1. The van der Waals surface area contributed by atoms with Crippen LogP contribution in [0.15, 0.2) is 66.4 Å². The van der Waals surface area contributed by atoms with Gasteiger partial charge in [0.05, 0.1) is 20.3 Å². The number of nitrogens with zero attached hydrogens (tertiary/aromatic N) is 1. The molecule has 7 nitrogen and oxygen atoms in total. The molecule has 0 radical (unpaired) electrons. The fourth-order valence-corrected chi connectivity index (χ4v) is 4.93. The maximum absolute atomic E-state index is 13.3. The van der Waals surface area contributed by atoms with E-state index in [-0.39, 0.29) is 11.3 Å². The molecule has 0 spiro atoms. The zero-order valence-corrected chi connectivity index (χ0v) is 26.1. The van der Waals surface area contributed by atoms with Crippen LogP contribution < -0.4 is 24.3 Å². The molecule has 0 aromatic heterocycles. The molecular weight excluding hydrogens is 548 g/mol. The molecule has 0 saturated carbocycles. The Hall–Kier alpha value is -4.04. The van der Waals surface area contributed by atoms with Gasteiger partial charge in [0.2, 0.25) is 0 Å². The zero-order chi connectivity index (χ0) is 30.3. The van der Waals surface area contributed by atoms with E-state index in [2.05, 4.69) is 38.2 Å². The maximum Gasteiger partial charge on any atom is 0.276 e. The topological polar surface area (TPSA) is 69.3 Å². The summed E-state index contributed by atoms with van der Waals surface area (Å²) in [6.07, 6.45) is 2.42. The molecule has 1 heterocycles. The average Bonchev–Trinajstić information content (AvgIpc) is 3.23. The van der Waals surface area contributed by atoms with Crippen molar-refractivity contribution in [3.63, 3.8) is 0 Å². The maximum atomic E-state index is 13.3. The van der Waals surface area contributed by atoms with Gasteiger partial charge in [0.1, 0.15) is 23.8 Å². The fourth-order valence-electron chi connectivity index (χ4n) is 4.65. The zero-order valence-electron chi connectivity index (χ0n) is 25.3. The lowest BCUT2D eigenvalue weighted by Crippen LogP contribution is -2.32. The largest absolute Gasteiger partial charge is 0.496 e. The molecule has 42 heavy (non-hydrogen) atoms. The van der Waals surface area contributed by atoms with Crippen LogP contribution in [0.4, 0.5) is 0 Å². The summed E-state index contributed by atoms with van der Waals surface area (Å²) in [5, 5.41) is 3.47. The van der Waals surface area contributed by atoms with Crippen LogP contribution in [-0.4, -0.2) is 42.8 Å². The van der Waals surface area contributed by atoms with E-state index in [1.807, 2.05) is 62.4 Å².